The van der Waals surface area contributed by atoms with Crippen molar-refractivity contribution in [3.05, 3.63) is 59.2 Å². The number of para-hydroxylation sites is 1. The topological polar surface area (TPSA) is 69.2 Å². The van der Waals surface area contributed by atoms with Gasteiger partial charge in [0.2, 0.25) is 0 Å². The maximum atomic E-state index is 12.2. The van der Waals surface area contributed by atoms with Gasteiger partial charge in [-0.15, -0.1) is 0 Å². The highest BCUT2D eigenvalue weighted by Gasteiger charge is 2.21. The third kappa shape index (κ3) is 4.58. The number of methoxy groups -OCH3 is 2. The van der Waals surface area contributed by atoms with E-state index >= 15 is 0 Å². The van der Waals surface area contributed by atoms with Crippen molar-refractivity contribution in [1.82, 2.24) is 5.32 Å². The first-order valence-corrected chi connectivity index (χ1v) is 8.96. The molecule has 1 atom stereocenters. The van der Waals surface area contributed by atoms with Crippen molar-refractivity contribution in [2.75, 3.05) is 20.8 Å². The Labute approximate surface area is 159 Å². The van der Waals surface area contributed by atoms with Crippen LogP contribution in [0.2, 0.25) is 0 Å². The number of benzene rings is 2. The van der Waals surface area contributed by atoms with Crippen molar-refractivity contribution >= 4 is 12.1 Å². The van der Waals surface area contributed by atoms with Crippen LogP contribution in [0.15, 0.2) is 47.6 Å². The van der Waals surface area contributed by atoms with Crippen molar-refractivity contribution in [3.8, 4) is 11.5 Å². The molecule has 1 N–H and O–H groups in total. The SMILES string of the molecule is COc1cccc(/C=N\OCC(=O)N[C@H]2CCCc3ccccc32)c1OC. The molecule has 0 unspecified atom stereocenters. The highest BCUT2D eigenvalue weighted by molar-refractivity contribution is 5.85. The Hall–Kier alpha value is -3.02. The van der Waals surface area contributed by atoms with Crippen LogP contribution in [0, 0.1) is 0 Å². The van der Waals surface area contributed by atoms with E-state index in [9.17, 15) is 4.79 Å². The third-order valence-corrected chi connectivity index (χ3v) is 4.60. The Morgan fingerprint density at radius 3 is 2.85 bits per heavy atom. The number of carbonyl (C=O) groups excluding carboxylic acids is 1. The Morgan fingerprint density at radius 2 is 2.04 bits per heavy atom. The van der Waals surface area contributed by atoms with E-state index in [1.54, 1.807) is 20.3 Å². The first-order chi connectivity index (χ1) is 13.2. The van der Waals surface area contributed by atoms with Gasteiger partial charge in [0.05, 0.1) is 26.5 Å². The summed E-state index contributed by atoms with van der Waals surface area (Å²) in [6.45, 7) is -0.137. The number of carbonyl (C=O) groups is 1. The molecule has 0 heterocycles. The van der Waals surface area contributed by atoms with Gasteiger partial charge in [0.15, 0.2) is 18.1 Å². The standard InChI is InChI=1S/C21H24N2O4/c1-25-19-12-6-9-16(21(19)26-2)13-22-27-14-20(24)23-18-11-5-8-15-7-3-4-10-17(15)18/h3-4,6-7,9-10,12-13,18H,5,8,11,14H2,1-2H3,(H,23,24)/b22-13-/t18-/m0/s1. The lowest BCUT2D eigenvalue weighted by Crippen LogP contribution is -2.33. The van der Waals surface area contributed by atoms with Crippen molar-refractivity contribution in [3.63, 3.8) is 0 Å². The van der Waals surface area contributed by atoms with Gasteiger partial charge in [-0.25, -0.2) is 0 Å². The average molecular weight is 368 g/mol. The first kappa shape index (κ1) is 18.8. The predicted octanol–water partition coefficient (Wildman–Crippen LogP) is 3.25. The molecule has 3 rings (SSSR count). The van der Waals surface area contributed by atoms with Crippen LogP contribution in [0.3, 0.4) is 0 Å². The fourth-order valence-electron chi connectivity index (χ4n) is 3.34. The van der Waals surface area contributed by atoms with Gasteiger partial charge >= 0.3 is 0 Å². The summed E-state index contributed by atoms with van der Waals surface area (Å²) in [6, 6.07) is 13.7. The van der Waals surface area contributed by atoms with Crippen LogP contribution in [-0.4, -0.2) is 32.9 Å². The summed E-state index contributed by atoms with van der Waals surface area (Å²) in [6.07, 6.45) is 4.57. The molecule has 1 aliphatic rings. The number of fused-ring (bicyclic) bond motifs is 1. The molecule has 6 nitrogen and oxygen atoms in total. The minimum Gasteiger partial charge on any atom is -0.493 e. The number of nitrogens with one attached hydrogen (secondary N) is 1. The van der Waals surface area contributed by atoms with E-state index in [2.05, 4.69) is 22.6 Å². The molecule has 0 radical (unpaired) electrons. The Bertz CT molecular complexity index is 820. The molecule has 6 heteroatoms. The molecule has 1 aliphatic carbocycles. The molecular formula is C21H24N2O4. The van der Waals surface area contributed by atoms with Gasteiger partial charge in [-0.2, -0.15) is 0 Å². The fourth-order valence-corrected chi connectivity index (χ4v) is 3.34. The van der Waals surface area contributed by atoms with E-state index in [1.165, 1.54) is 17.3 Å². The van der Waals surface area contributed by atoms with Crippen LogP contribution in [-0.2, 0) is 16.1 Å². The molecule has 0 bridgehead atoms. The van der Waals surface area contributed by atoms with Gasteiger partial charge in [-0.3, -0.25) is 4.79 Å². The number of aryl methyl sites for hydroxylation is 1. The van der Waals surface area contributed by atoms with Crippen LogP contribution >= 0.6 is 0 Å². The fraction of sp³-hybridized carbons (Fsp3) is 0.333. The summed E-state index contributed by atoms with van der Waals surface area (Å²) in [7, 11) is 3.13. The summed E-state index contributed by atoms with van der Waals surface area (Å²) >= 11 is 0. The van der Waals surface area contributed by atoms with E-state index in [4.69, 9.17) is 14.3 Å². The molecular weight excluding hydrogens is 344 g/mol. The van der Waals surface area contributed by atoms with Gasteiger partial charge in [0.25, 0.3) is 5.91 Å². The van der Waals surface area contributed by atoms with E-state index in [0.29, 0.717) is 17.1 Å². The number of amides is 1. The zero-order valence-corrected chi connectivity index (χ0v) is 15.6. The van der Waals surface area contributed by atoms with Crippen molar-refractivity contribution < 1.29 is 19.1 Å². The molecule has 27 heavy (non-hydrogen) atoms. The van der Waals surface area contributed by atoms with Crippen molar-refractivity contribution in [2.45, 2.75) is 25.3 Å². The quantitative estimate of drug-likeness (QED) is 0.602. The van der Waals surface area contributed by atoms with Crippen LogP contribution in [0.5, 0.6) is 11.5 Å². The van der Waals surface area contributed by atoms with Gasteiger partial charge in [-0.1, -0.05) is 35.5 Å². The highest BCUT2D eigenvalue weighted by atomic mass is 16.6. The maximum Gasteiger partial charge on any atom is 0.261 e. The lowest BCUT2D eigenvalue weighted by atomic mass is 9.88. The molecule has 0 saturated carbocycles. The minimum absolute atomic E-state index is 0.0357. The van der Waals surface area contributed by atoms with Crippen LogP contribution in [0.25, 0.3) is 0 Å². The molecule has 1 amide bonds. The summed E-state index contributed by atoms with van der Waals surface area (Å²) in [5, 5.41) is 6.91. The second-order valence-electron chi connectivity index (χ2n) is 6.30. The Balaban J connectivity index is 1.54. The van der Waals surface area contributed by atoms with Gasteiger partial charge in [0.1, 0.15) is 0 Å². The van der Waals surface area contributed by atoms with E-state index < -0.39 is 0 Å². The number of rotatable bonds is 7. The summed E-state index contributed by atoms with van der Waals surface area (Å²) in [5.41, 5.74) is 3.21. The molecule has 0 aliphatic heterocycles. The summed E-state index contributed by atoms with van der Waals surface area (Å²) < 4.78 is 10.6. The number of oxime groups is 1. The smallest absolute Gasteiger partial charge is 0.261 e. The lowest BCUT2D eigenvalue weighted by Gasteiger charge is -2.26. The zero-order chi connectivity index (χ0) is 19.1. The van der Waals surface area contributed by atoms with E-state index in [0.717, 1.165) is 19.3 Å². The van der Waals surface area contributed by atoms with E-state index in [-0.39, 0.29) is 18.6 Å². The molecule has 2 aromatic rings. The number of nitrogens with zero attached hydrogens (tertiary/aromatic N) is 1. The molecule has 0 fully saturated rings. The summed E-state index contributed by atoms with van der Waals surface area (Å²) in [5.74, 6) is 0.984. The van der Waals surface area contributed by atoms with Gasteiger partial charge < -0.3 is 19.6 Å². The van der Waals surface area contributed by atoms with E-state index in [1.807, 2.05) is 24.3 Å². The average Bonchev–Trinajstić information content (AvgIpc) is 2.71. The number of hydrogen-bond acceptors (Lipinski definition) is 5. The Morgan fingerprint density at radius 1 is 1.19 bits per heavy atom. The molecule has 0 spiro atoms. The largest absolute Gasteiger partial charge is 0.493 e. The molecule has 2 aromatic carbocycles. The maximum absolute atomic E-state index is 12.2. The Kier molecular flexibility index (Phi) is 6.30. The number of ether oxygens (including phenoxy) is 2. The zero-order valence-electron chi connectivity index (χ0n) is 15.6. The molecule has 142 valence electrons. The van der Waals surface area contributed by atoms with Gasteiger partial charge in [0, 0.05) is 5.56 Å². The molecule has 0 aromatic heterocycles. The third-order valence-electron chi connectivity index (χ3n) is 4.60. The highest BCUT2D eigenvalue weighted by Crippen LogP contribution is 2.30. The van der Waals surface area contributed by atoms with Crippen molar-refractivity contribution in [2.24, 2.45) is 5.16 Å². The second kappa shape index (κ2) is 9.07. The normalized spacial score (nSPS) is 15.9. The molecule has 0 saturated heterocycles. The lowest BCUT2D eigenvalue weighted by molar-refractivity contribution is -0.126. The van der Waals surface area contributed by atoms with Crippen LogP contribution < -0.4 is 14.8 Å². The van der Waals surface area contributed by atoms with Crippen LogP contribution in [0.4, 0.5) is 0 Å². The number of hydrogen-bond donors (Lipinski definition) is 1. The predicted molar refractivity (Wildman–Crippen MR) is 103 cm³/mol. The minimum atomic E-state index is -0.188. The monoisotopic (exact) mass is 368 g/mol. The summed E-state index contributed by atoms with van der Waals surface area (Å²) in [4.78, 5) is 17.4. The van der Waals surface area contributed by atoms with Gasteiger partial charge in [-0.05, 0) is 42.5 Å². The second-order valence-corrected chi connectivity index (χ2v) is 6.30. The van der Waals surface area contributed by atoms with Crippen LogP contribution in [0.1, 0.15) is 35.6 Å². The first-order valence-electron chi connectivity index (χ1n) is 8.96. The van der Waals surface area contributed by atoms with Crippen molar-refractivity contribution in [1.29, 1.82) is 0 Å².